The van der Waals surface area contributed by atoms with Crippen LogP contribution in [0.15, 0.2) is 36.4 Å². The van der Waals surface area contributed by atoms with Gasteiger partial charge >= 0.3 is 6.18 Å². The molecule has 2 aromatic heterocycles. The third kappa shape index (κ3) is 5.38. The van der Waals surface area contributed by atoms with Crippen LogP contribution in [-0.4, -0.2) is 33.2 Å². The second-order valence-corrected chi connectivity index (χ2v) is 9.63. The first kappa shape index (κ1) is 23.6. The van der Waals surface area contributed by atoms with E-state index in [1.807, 2.05) is 34.6 Å². The van der Waals surface area contributed by atoms with Crippen molar-refractivity contribution in [2.24, 2.45) is 5.41 Å². The zero-order chi connectivity index (χ0) is 23.9. The van der Waals surface area contributed by atoms with E-state index >= 15 is 0 Å². The van der Waals surface area contributed by atoms with E-state index < -0.39 is 23.3 Å². The molecule has 3 aromatic rings. The molecule has 0 fully saturated rings. The van der Waals surface area contributed by atoms with Gasteiger partial charge in [-0.15, -0.1) is 0 Å². The quantitative estimate of drug-likeness (QED) is 0.570. The van der Waals surface area contributed by atoms with Gasteiger partial charge in [-0.1, -0.05) is 20.8 Å². The minimum atomic E-state index is -4.69. The van der Waals surface area contributed by atoms with E-state index in [4.69, 9.17) is 4.74 Å². The number of ether oxygens (including phenoxy) is 1. The van der Waals surface area contributed by atoms with Gasteiger partial charge in [0.05, 0.1) is 12.8 Å². The number of fused-ring (bicyclic) bond motifs is 1. The number of hydrogen-bond donors (Lipinski definition) is 1. The zero-order valence-electron chi connectivity index (χ0n) is 19.0. The fraction of sp³-hybridized carbons (Fsp3) is 0.435. The maximum Gasteiger partial charge on any atom is 0.433 e. The average Bonchev–Trinajstić information content (AvgIpc) is 3.08. The number of halogens is 3. The van der Waals surface area contributed by atoms with Gasteiger partial charge in [0, 0.05) is 17.2 Å². The van der Waals surface area contributed by atoms with Crippen LogP contribution in [0.1, 0.15) is 57.2 Å². The molecule has 0 aliphatic carbocycles. The Hall–Kier alpha value is -3.10. The van der Waals surface area contributed by atoms with Crippen molar-refractivity contribution in [3.05, 3.63) is 47.8 Å². The van der Waals surface area contributed by atoms with Crippen LogP contribution < -0.4 is 10.1 Å². The molecule has 0 saturated carbocycles. The monoisotopic (exact) mass is 448 g/mol. The smallest absolute Gasteiger partial charge is 0.433 e. The van der Waals surface area contributed by atoms with Crippen LogP contribution >= 0.6 is 0 Å². The number of alkyl halides is 3. The molecule has 1 N–H and O–H groups in total. The Morgan fingerprint density at radius 1 is 1.06 bits per heavy atom. The number of benzene rings is 1. The molecule has 2 heterocycles. The molecule has 0 saturated heterocycles. The van der Waals surface area contributed by atoms with Crippen LogP contribution in [0.3, 0.4) is 0 Å². The number of nitrogens with zero attached hydrogens (tertiary/aromatic N) is 3. The van der Waals surface area contributed by atoms with Gasteiger partial charge in [-0.25, -0.2) is 9.50 Å². The zero-order valence-corrected chi connectivity index (χ0v) is 19.0. The molecule has 1 aromatic carbocycles. The first-order valence-electron chi connectivity index (χ1n) is 10.1. The molecular weight excluding hydrogens is 421 g/mol. The van der Waals surface area contributed by atoms with Crippen molar-refractivity contribution in [3.8, 4) is 17.0 Å². The number of hydrogen-bond acceptors (Lipinski definition) is 4. The standard InChI is InChI=1S/C23H27F3N4O2/c1-21(2,3)13-22(4,5)28-20(31)17-12-19-27-16(14-7-9-15(32-6)10-8-14)11-18(23(24,25)26)30(19)29-17/h7-12H,13H2,1-6H3,(H,28,31). The van der Waals surface area contributed by atoms with Gasteiger partial charge in [0.2, 0.25) is 0 Å². The Labute approximate surface area is 184 Å². The van der Waals surface area contributed by atoms with Gasteiger partial charge in [-0.2, -0.15) is 18.3 Å². The van der Waals surface area contributed by atoms with Crippen LogP contribution in [0.25, 0.3) is 16.9 Å². The first-order chi connectivity index (χ1) is 14.7. The molecule has 0 radical (unpaired) electrons. The Morgan fingerprint density at radius 3 is 2.22 bits per heavy atom. The lowest BCUT2D eigenvalue weighted by Gasteiger charge is -2.33. The molecule has 0 unspecified atom stereocenters. The lowest BCUT2D eigenvalue weighted by atomic mass is 9.82. The van der Waals surface area contributed by atoms with Crippen LogP contribution in [-0.2, 0) is 6.18 Å². The Kier molecular flexibility index (Phi) is 5.97. The minimum Gasteiger partial charge on any atom is -0.497 e. The molecule has 0 spiro atoms. The normalized spacial score (nSPS) is 12.8. The van der Waals surface area contributed by atoms with Crippen molar-refractivity contribution < 1.29 is 22.7 Å². The molecule has 32 heavy (non-hydrogen) atoms. The summed E-state index contributed by atoms with van der Waals surface area (Å²) in [6, 6.07) is 8.72. The van der Waals surface area contributed by atoms with Gasteiger partial charge in [-0.05, 0) is 56.0 Å². The maximum absolute atomic E-state index is 13.8. The van der Waals surface area contributed by atoms with Gasteiger partial charge in [0.15, 0.2) is 17.0 Å². The van der Waals surface area contributed by atoms with Crippen molar-refractivity contribution in [2.75, 3.05) is 7.11 Å². The van der Waals surface area contributed by atoms with Crippen molar-refractivity contribution in [1.29, 1.82) is 0 Å². The number of amides is 1. The third-order valence-corrected chi connectivity index (χ3v) is 4.76. The van der Waals surface area contributed by atoms with E-state index in [2.05, 4.69) is 15.4 Å². The van der Waals surface area contributed by atoms with Crippen molar-refractivity contribution in [2.45, 2.75) is 52.8 Å². The van der Waals surface area contributed by atoms with E-state index in [1.165, 1.54) is 13.2 Å². The Balaban J connectivity index is 2.03. The molecule has 0 atom stereocenters. The molecule has 6 nitrogen and oxygen atoms in total. The molecule has 3 rings (SSSR count). The summed E-state index contributed by atoms with van der Waals surface area (Å²) >= 11 is 0. The number of methoxy groups -OCH3 is 1. The topological polar surface area (TPSA) is 68.5 Å². The van der Waals surface area contributed by atoms with Crippen LogP contribution in [0.2, 0.25) is 0 Å². The lowest BCUT2D eigenvalue weighted by molar-refractivity contribution is -0.142. The molecule has 0 bridgehead atoms. The van der Waals surface area contributed by atoms with E-state index in [-0.39, 0.29) is 22.5 Å². The predicted molar refractivity (Wildman–Crippen MR) is 116 cm³/mol. The van der Waals surface area contributed by atoms with Crippen molar-refractivity contribution in [1.82, 2.24) is 19.9 Å². The van der Waals surface area contributed by atoms with E-state index in [0.717, 1.165) is 6.07 Å². The summed E-state index contributed by atoms with van der Waals surface area (Å²) in [4.78, 5) is 17.1. The van der Waals surface area contributed by atoms with Crippen LogP contribution in [0, 0.1) is 5.41 Å². The molecule has 0 aliphatic rings. The molecule has 0 aliphatic heterocycles. The van der Waals surface area contributed by atoms with Gasteiger partial charge in [-0.3, -0.25) is 4.79 Å². The lowest BCUT2D eigenvalue weighted by Crippen LogP contribution is -2.46. The Morgan fingerprint density at radius 2 is 1.69 bits per heavy atom. The summed E-state index contributed by atoms with van der Waals surface area (Å²) in [5.74, 6) is 0.0240. The molecular formula is C23H27F3N4O2. The number of rotatable bonds is 5. The second kappa shape index (κ2) is 8.11. The first-order valence-corrected chi connectivity index (χ1v) is 10.1. The number of carbonyl (C=O) groups excluding carboxylic acids is 1. The summed E-state index contributed by atoms with van der Waals surface area (Å²) in [6.45, 7) is 9.88. The number of carbonyl (C=O) groups is 1. The van der Waals surface area contributed by atoms with E-state index in [9.17, 15) is 18.0 Å². The van der Waals surface area contributed by atoms with Crippen molar-refractivity contribution >= 4 is 11.6 Å². The number of nitrogens with one attached hydrogen (secondary N) is 1. The summed E-state index contributed by atoms with van der Waals surface area (Å²) in [7, 11) is 1.50. The molecule has 172 valence electrons. The Bertz CT molecular complexity index is 1130. The highest BCUT2D eigenvalue weighted by molar-refractivity contribution is 5.93. The predicted octanol–water partition coefficient (Wildman–Crippen LogP) is 5.37. The summed E-state index contributed by atoms with van der Waals surface area (Å²) in [6.07, 6.45) is -4.01. The highest BCUT2D eigenvalue weighted by atomic mass is 19.4. The molecule has 9 heteroatoms. The van der Waals surface area contributed by atoms with E-state index in [0.29, 0.717) is 22.2 Å². The fourth-order valence-corrected chi connectivity index (χ4v) is 3.94. The molecule has 1 amide bonds. The summed E-state index contributed by atoms with van der Waals surface area (Å²) < 4.78 is 47.1. The van der Waals surface area contributed by atoms with Crippen molar-refractivity contribution in [3.63, 3.8) is 0 Å². The average molecular weight is 448 g/mol. The highest BCUT2D eigenvalue weighted by Crippen LogP contribution is 2.33. The maximum atomic E-state index is 13.8. The minimum absolute atomic E-state index is 0.0477. The summed E-state index contributed by atoms with van der Waals surface area (Å²) in [5.41, 5.74) is -1.22. The van der Waals surface area contributed by atoms with Gasteiger partial charge in [0.1, 0.15) is 5.75 Å². The largest absolute Gasteiger partial charge is 0.497 e. The number of aromatic nitrogens is 3. The second-order valence-electron chi connectivity index (χ2n) is 9.63. The SMILES string of the molecule is COc1ccc(-c2cc(C(F)(F)F)n3nc(C(=O)NC(C)(C)CC(C)(C)C)cc3n2)cc1. The van der Waals surface area contributed by atoms with Gasteiger partial charge in [0.25, 0.3) is 5.91 Å². The fourth-order valence-electron chi connectivity index (χ4n) is 3.94. The highest BCUT2D eigenvalue weighted by Gasteiger charge is 2.36. The summed E-state index contributed by atoms with van der Waals surface area (Å²) in [5, 5.41) is 6.79. The third-order valence-electron chi connectivity index (χ3n) is 4.76. The van der Waals surface area contributed by atoms with Gasteiger partial charge < -0.3 is 10.1 Å². The van der Waals surface area contributed by atoms with Crippen LogP contribution in [0.5, 0.6) is 5.75 Å². The van der Waals surface area contributed by atoms with Crippen LogP contribution in [0.4, 0.5) is 13.2 Å². The van der Waals surface area contributed by atoms with E-state index in [1.54, 1.807) is 24.3 Å².